The quantitative estimate of drug-likeness (QED) is 0.855. The van der Waals surface area contributed by atoms with Gasteiger partial charge in [0.25, 0.3) is 0 Å². The van der Waals surface area contributed by atoms with Gasteiger partial charge in [0.15, 0.2) is 0 Å². The molecular weight excluding hydrogens is 308 g/mol. The highest BCUT2D eigenvalue weighted by Crippen LogP contribution is 2.28. The molecule has 0 aromatic heterocycles. The van der Waals surface area contributed by atoms with Crippen molar-refractivity contribution in [3.05, 3.63) is 29.3 Å². The summed E-state index contributed by atoms with van der Waals surface area (Å²) in [4.78, 5) is 27.5. The summed E-state index contributed by atoms with van der Waals surface area (Å²) in [6.07, 6.45) is 0.0301. The Morgan fingerprint density at radius 2 is 2.04 bits per heavy atom. The van der Waals surface area contributed by atoms with Gasteiger partial charge in [-0.05, 0) is 50.5 Å². The van der Waals surface area contributed by atoms with Crippen molar-refractivity contribution in [1.82, 2.24) is 4.90 Å². The van der Waals surface area contributed by atoms with Crippen LogP contribution >= 0.6 is 0 Å². The molecule has 24 heavy (non-hydrogen) atoms. The summed E-state index contributed by atoms with van der Waals surface area (Å²) in [5.41, 5.74) is 2.53. The van der Waals surface area contributed by atoms with Crippen molar-refractivity contribution in [1.29, 1.82) is 0 Å². The third-order valence-electron chi connectivity index (χ3n) is 4.27. The molecule has 2 aliphatic heterocycles. The van der Waals surface area contributed by atoms with Gasteiger partial charge in [-0.3, -0.25) is 4.79 Å². The number of ether oxygens (including phenoxy) is 1. The maximum atomic E-state index is 12.2. The van der Waals surface area contributed by atoms with Gasteiger partial charge in [-0.1, -0.05) is 6.07 Å². The lowest BCUT2D eigenvalue weighted by atomic mass is 9.99. The lowest BCUT2D eigenvalue weighted by Gasteiger charge is -2.31. The highest BCUT2D eigenvalue weighted by atomic mass is 16.6. The number of carbonyl (C=O) groups excluding carboxylic acids is 2. The van der Waals surface area contributed by atoms with Crippen molar-refractivity contribution >= 4 is 17.7 Å². The summed E-state index contributed by atoms with van der Waals surface area (Å²) in [6, 6.07) is 5.84. The van der Waals surface area contributed by atoms with Crippen molar-refractivity contribution in [3.63, 3.8) is 0 Å². The molecule has 1 fully saturated rings. The smallest absolute Gasteiger partial charge is 0.410 e. The summed E-state index contributed by atoms with van der Waals surface area (Å²) in [7, 11) is 0. The standard InChI is InChI=1S/C18H24N2O4/c1-18(2,3)24-17(23)19-7-6-12-8-14(5-4-13(12)10-19)20-11-15(21)9-16(20)22/h4-5,8,15,21H,6-7,9-11H2,1-3H3. The molecule has 0 bridgehead atoms. The number of rotatable bonds is 1. The second kappa shape index (κ2) is 6.09. The van der Waals surface area contributed by atoms with E-state index in [0.29, 0.717) is 19.6 Å². The summed E-state index contributed by atoms with van der Waals surface area (Å²) in [6.45, 7) is 7.04. The SMILES string of the molecule is CC(C)(C)OC(=O)N1CCc2cc(N3CC(O)CC3=O)ccc2C1. The van der Waals surface area contributed by atoms with Gasteiger partial charge in [0, 0.05) is 18.8 Å². The molecule has 2 aliphatic rings. The molecule has 1 aromatic carbocycles. The minimum absolute atomic E-state index is 0.0476. The van der Waals surface area contributed by atoms with Gasteiger partial charge in [-0.25, -0.2) is 4.79 Å². The van der Waals surface area contributed by atoms with E-state index >= 15 is 0 Å². The second-order valence-electron chi connectivity index (χ2n) is 7.47. The van der Waals surface area contributed by atoms with E-state index in [1.807, 2.05) is 39.0 Å². The van der Waals surface area contributed by atoms with Crippen LogP contribution in [0.15, 0.2) is 18.2 Å². The highest BCUT2D eigenvalue weighted by Gasteiger charge is 2.30. The van der Waals surface area contributed by atoms with Crippen molar-refractivity contribution in [2.75, 3.05) is 18.0 Å². The van der Waals surface area contributed by atoms with E-state index in [1.165, 1.54) is 0 Å². The van der Waals surface area contributed by atoms with Gasteiger partial charge >= 0.3 is 6.09 Å². The van der Waals surface area contributed by atoms with Crippen molar-refractivity contribution < 1.29 is 19.4 Å². The van der Waals surface area contributed by atoms with E-state index < -0.39 is 11.7 Å². The molecule has 0 saturated carbocycles. The zero-order valence-electron chi connectivity index (χ0n) is 14.4. The van der Waals surface area contributed by atoms with Crippen LogP contribution in [0.5, 0.6) is 0 Å². The first-order valence-corrected chi connectivity index (χ1v) is 8.31. The van der Waals surface area contributed by atoms with Crippen LogP contribution < -0.4 is 4.90 Å². The number of aliphatic hydroxyl groups excluding tert-OH is 1. The fraction of sp³-hybridized carbons (Fsp3) is 0.556. The second-order valence-corrected chi connectivity index (χ2v) is 7.47. The molecule has 2 heterocycles. The van der Waals surface area contributed by atoms with Gasteiger partial charge in [0.1, 0.15) is 5.60 Å². The molecular formula is C18H24N2O4. The number of aliphatic hydroxyl groups is 1. The Labute approximate surface area is 142 Å². The van der Waals surface area contributed by atoms with Crippen molar-refractivity contribution in [2.45, 2.75) is 51.9 Å². The maximum absolute atomic E-state index is 12.2. The number of β-amino-alcohol motifs (C(OH)–C–C–N with tert-alkyl or cyclic N) is 1. The average molecular weight is 332 g/mol. The van der Waals surface area contributed by atoms with Crippen LogP contribution in [-0.2, 0) is 22.5 Å². The molecule has 130 valence electrons. The number of hydrogen-bond donors (Lipinski definition) is 1. The zero-order valence-corrected chi connectivity index (χ0v) is 14.4. The van der Waals surface area contributed by atoms with Gasteiger partial charge in [-0.2, -0.15) is 0 Å². The lowest BCUT2D eigenvalue weighted by Crippen LogP contribution is -2.40. The molecule has 2 amide bonds. The molecule has 1 aromatic rings. The summed E-state index contributed by atoms with van der Waals surface area (Å²) >= 11 is 0. The topological polar surface area (TPSA) is 70.1 Å². The first-order valence-electron chi connectivity index (χ1n) is 8.31. The molecule has 1 unspecified atom stereocenters. The molecule has 6 nitrogen and oxygen atoms in total. The number of amides is 2. The highest BCUT2D eigenvalue weighted by molar-refractivity contribution is 5.96. The Hall–Kier alpha value is -2.08. The summed E-state index contributed by atoms with van der Waals surface area (Å²) < 4.78 is 5.43. The van der Waals surface area contributed by atoms with Crippen LogP contribution in [0.1, 0.15) is 38.3 Å². The fourth-order valence-electron chi connectivity index (χ4n) is 3.13. The van der Waals surface area contributed by atoms with Crippen LogP contribution in [-0.4, -0.2) is 46.8 Å². The Morgan fingerprint density at radius 3 is 2.67 bits per heavy atom. The molecule has 6 heteroatoms. The van der Waals surface area contributed by atoms with Crippen LogP contribution in [0, 0.1) is 0 Å². The summed E-state index contributed by atoms with van der Waals surface area (Å²) in [5, 5.41) is 9.64. The Morgan fingerprint density at radius 1 is 1.29 bits per heavy atom. The first-order chi connectivity index (χ1) is 11.2. The lowest BCUT2D eigenvalue weighted by molar-refractivity contribution is -0.117. The minimum Gasteiger partial charge on any atom is -0.444 e. The maximum Gasteiger partial charge on any atom is 0.410 e. The molecule has 1 saturated heterocycles. The van der Waals surface area contributed by atoms with Gasteiger partial charge in [0.2, 0.25) is 5.91 Å². The van der Waals surface area contributed by atoms with Crippen molar-refractivity contribution in [3.8, 4) is 0 Å². The first kappa shape index (κ1) is 16.8. The number of carbonyl (C=O) groups is 2. The van der Waals surface area contributed by atoms with E-state index in [4.69, 9.17) is 4.74 Å². The average Bonchev–Trinajstić information content (AvgIpc) is 2.83. The van der Waals surface area contributed by atoms with Crippen LogP contribution in [0.25, 0.3) is 0 Å². The van der Waals surface area contributed by atoms with Crippen molar-refractivity contribution in [2.24, 2.45) is 0 Å². The third-order valence-corrected chi connectivity index (χ3v) is 4.27. The van der Waals surface area contributed by atoms with E-state index in [2.05, 4.69) is 0 Å². The van der Waals surface area contributed by atoms with E-state index in [1.54, 1.807) is 9.80 Å². The third kappa shape index (κ3) is 3.53. The Kier molecular flexibility index (Phi) is 4.25. The van der Waals surface area contributed by atoms with Gasteiger partial charge < -0.3 is 19.6 Å². The molecule has 0 aliphatic carbocycles. The number of anilines is 1. The van der Waals surface area contributed by atoms with Crippen LogP contribution in [0.3, 0.4) is 0 Å². The van der Waals surface area contributed by atoms with Gasteiger partial charge in [0.05, 0.1) is 19.1 Å². The van der Waals surface area contributed by atoms with E-state index in [0.717, 1.165) is 23.2 Å². The normalized spacial score (nSPS) is 21.0. The van der Waals surface area contributed by atoms with Crippen LogP contribution in [0.4, 0.5) is 10.5 Å². The predicted molar refractivity (Wildman–Crippen MR) is 89.8 cm³/mol. The monoisotopic (exact) mass is 332 g/mol. The number of benzene rings is 1. The number of hydrogen-bond acceptors (Lipinski definition) is 4. The summed E-state index contributed by atoms with van der Waals surface area (Å²) in [5.74, 6) is -0.0476. The molecule has 3 rings (SSSR count). The largest absolute Gasteiger partial charge is 0.444 e. The van der Waals surface area contributed by atoms with Crippen LogP contribution in [0.2, 0.25) is 0 Å². The minimum atomic E-state index is -0.587. The molecule has 1 atom stereocenters. The van der Waals surface area contributed by atoms with Gasteiger partial charge in [-0.15, -0.1) is 0 Å². The molecule has 0 spiro atoms. The predicted octanol–water partition coefficient (Wildman–Crippen LogP) is 2.08. The molecule has 1 N–H and O–H groups in total. The fourth-order valence-corrected chi connectivity index (χ4v) is 3.13. The Balaban J connectivity index is 1.73. The zero-order chi connectivity index (χ0) is 17.5. The Bertz CT molecular complexity index is 665. The molecule has 0 radical (unpaired) electrons. The number of nitrogens with zero attached hydrogens (tertiary/aromatic N) is 2. The number of fused-ring (bicyclic) bond motifs is 1. The van der Waals surface area contributed by atoms with E-state index in [-0.39, 0.29) is 18.4 Å². The van der Waals surface area contributed by atoms with E-state index in [9.17, 15) is 14.7 Å².